The lowest BCUT2D eigenvalue weighted by Gasteiger charge is -2.34. The van der Waals surface area contributed by atoms with E-state index in [0.717, 1.165) is 18.2 Å². The van der Waals surface area contributed by atoms with Crippen LogP contribution in [-0.4, -0.2) is 83.5 Å². The fourth-order valence-corrected chi connectivity index (χ4v) is 6.18. The van der Waals surface area contributed by atoms with E-state index in [1.807, 2.05) is 30.3 Å². The van der Waals surface area contributed by atoms with Crippen molar-refractivity contribution in [3.8, 4) is 10.6 Å². The standard InChI is InChI=1S/C30H32F2N4O3S/c1-21-27(40-28(33-21)22-8-3-2-4-9-22)29(39)36-14-12-30(31,32)24(23-10-5-6-11-25(23)36)20-26(38)35-17-15-34(16-18-35)13-7-19-37/h2-6,8-11,20,37H,7,12-19H2,1H3/b24-20-. The molecule has 3 heterocycles. The maximum atomic E-state index is 15.7. The topological polar surface area (TPSA) is 77.0 Å². The predicted octanol–water partition coefficient (Wildman–Crippen LogP) is 4.71. The number of para-hydroxylation sites is 1. The molecular formula is C30H32F2N4O3S. The number of aromatic nitrogens is 1. The molecule has 10 heteroatoms. The van der Waals surface area contributed by atoms with Crippen molar-refractivity contribution in [3.63, 3.8) is 0 Å². The lowest BCUT2D eigenvalue weighted by atomic mass is 9.96. The average Bonchev–Trinajstić information content (AvgIpc) is 3.32. The molecule has 1 saturated heterocycles. The Morgan fingerprint density at radius 1 is 1.02 bits per heavy atom. The number of fused-ring (bicyclic) bond motifs is 1. The highest BCUT2D eigenvalue weighted by Gasteiger charge is 2.42. The van der Waals surface area contributed by atoms with Crippen LogP contribution >= 0.6 is 11.3 Å². The zero-order valence-electron chi connectivity index (χ0n) is 22.4. The van der Waals surface area contributed by atoms with Gasteiger partial charge >= 0.3 is 0 Å². The zero-order valence-corrected chi connectivity index (χ0v) is 23.2. The Balaban J connectivity index is 1.43. The number of aliphatic hydroxyl groups excluding tert-OH is 1. The van der Waals surface area contributed by atoms with Crippen molar-refractivity contribution in [1.29, 1.82) is 0 Å². The highest BCUT2D eigenvalue weighted by Crippen LogP contribution is 2.44. The van der Waals surface area contributed by atoms with Gasteiger partial charge in [0, 0.05) is 75.1 Å². The van der Waals surface area contributed by atoms with E-state index < -0.39 is 18.3 Å². The molecule has 40 heavy (non-hydrogen) atoms. The normalized spacial score (nSPS) is 18.4. The maximum Gasteiger partial charge on any atom is 0.275 e. The van der Waals surface area contributed by atoms with Crippen LogP contribution in [0.2, 0.25) is 0 Å². The van der Waals surface area contributed by atoms with Crippen molar-refractivity contribution < 1.29 is 23.5 Å². The Morgan fingerprint density at radius 2 is 1.73 bits per heavy atom. The van der Waals surface area contributed by atoms with Crippen molar-refractivity contribution >= 4 is 34.4 Å². The van der Waals surface area contributed by atoms with Gasteiger partial charge in [-0.25, -0.2) is 13.8 Å². The van der Waals surface area contributed by atoms with Gasteiger partial charge in [-0.05, 0) is 19.4 Å². The second-order valence-corrected chi connectivity index (χ2v) is 11.0. The second kappa shape index (κ2) is 12.0. The first kappa shape index (κ1) is 28.1. The minimum absolute atomic E-state index is 0.107. The number of aliphatic hydroxyl groups is 1. The van der Waals surface area contributed by atoms with Crippen molar-refractivity contribution in [1.82, 2.24) is 14.8 Å². The molecule has 2 aromatic carbocycles. The number of hydrogen-bond acceptors (Lipinski definition) is 6. The molecule has 2 amide bonds. The third kappa shape index (κ3) is 5.84. The lowest BCUT2D eigenvalue weighted by molar-refractivity contribution is -0.127. The predicted molar refractivity (Wildman–Crippen MR) is 153 cm³/mol. The number of amides is 2. The number of carbonyl (C=O) groups excluding carboxylic acids is 2. The molecule has 0 unspecified atom stereocenters. The number of alkyl halides is 2. The van der Waals surface area contributed by atoms with E-state index in [1.165, 1.54) is 16.2 Å². The molecule has 5 rings (SSSR count). The fourth-order valence-electron chi connectivity index (χ4n) is 5.16. The number of rotatable bonds is 6. The summed E-state index contributed by atoms with van der Waals surface area (Å²) >= 11 is 1.25. The molecule has 2 aliphatic heterocycles. The van der Waals surface area contributed by atoms with Crippen LogP contribution in [0.15, 0.2) is 60.7 Å². The summed E-state index contributed by atoms with van der Waals surface area (Å²) in [6.45, 7) is 4.52. The van der Waals surface area contributed by atoms with Gasteiger partial charge in [0.1, 0.15) is 9.88 Å². The molecule has 1 N–H and O–H groups in total. The van der Waals surface area contributed by atoms with Crippen LogP contribution in [0.25, 0.3) is 16.1 Å². The van der Waals surface area contributed by atoms with Gasteiger partial charge in [0.05, 0.1) is 11.4 Å². The maximum absolute atomic E-state index is 15.7. The number of piperazine rings is 1. The SMILES string of the molecule is Cc1nc(-c2ccccc2)sc1C(=O)N1CCC(F)(F)/C(=C\C(=O)N2CCN(CCCO)CC2)c2ccccc21. The van der Waals surface area contributed by atoms with Crippen LogP contribution < -0.4 is 4.90 Å². The number of benzene rings is 2. The van der Waals surface area contributed by atoms with Gasteiger partial charge in [-0.1, -0.05) is 48.5 Å². The van der Waals surface area contributed by atoms with Crippen molar-refractivity contribution in [3.05, 3.63) is 76.8 Å². The van der Waals surface area contributed by atoms with Crippen molar-refractivity contribution in [2.45, 2.75) is 25.7 Å². The lowest BCUT2D eigenvalue weighted by Crippen LogP contribution is -2.48. The number of allylic oxidation sites excluding steroid dienone is 1. The quantitative estimate of drug-likeness (QED) is 0.438. The highest BCUT2D eigenvalue weighted by atomic mass is 32.1. The zero-order chi connectivity index (χ0) is 28.3. The molecule has 0 saturated carbocycles. The number of anilines is 1. The molecule has 0 radical (unpaired) electrons. The first-order valence-electron chi connectivity index (χ1n) is 13.4. The van der Waals surface area contributed by atoms with Crippen LogP contribution in [0.1, 0.15) is 33.8 Å². The summed E-state index contributed by atoms with van der Waals surface area (Å²) in [5, 5.41) is 9.75. The number of aryl methyl sites for hydroxylation is 1. The molecule has 7 nitrogen and oxygen atoms in total. The average molecular weight is 567 g/mol. The van der Waals surface area contributed by atoms with E-state index in [0.29, 0.717) is 53.9 Å². The van der Waals surface area contributed by atoms with Gasteiger partial charge in [-0.2, -0.15) is 0 Å². The molecular weight excluding hydrogens is 534 g/mol. The summed E-state index contributed by atoms with van der Waals surface area (Å²) < 4.78 is 31.3. The largest absolute Gasteiger partial charge is 0.396 e. The van der Waals surface area contributed by atoms with Crippen molar-refractivity contribution in [2.24, 2.45) is 0 Å². The van der Waals surface area contributed by atoms with E-state index in [9.17, 15) is 9.59 Å². The first-order valence-corrected chi connectivity index (χ1v) is 14.3. The Hall–Kier alpha value is -3.47. The van der Waals surface area contributed by atoms with Crippen LogP contribution in [0.3, 0.4) is 0 Å². The fraction of sp³-hybridized carbons (Fsp3) is 0.367. The first-order chi connectivity index (χ1) is 19.3. The van der Waals surface area contributed by atoms with Gasteiger partial charge in [-0.3, -0.25) is 14.5 Å². The molecule has 1 fully saturated rings. The van der Waals surface area contributed by atoms with Crippen LogP contribution in [-0.2, 0) is 4.79 Å². The third-order valence-corrected chi connectivity index (χ3v) is 8.56. The molecule has 0 spiro atoms. The summed E-state index contributed by atoms with van der Waals surface area (Å²) in [4.78, 5) is 37.1. The number of thiazole rings is 1. The number of nitrogens with zero attached hydrogens (tertiary/aromatic N) is 4. The van der Waals surface area contributed by atoms with Gasteiger partial charge in [0.15, 0.2) is 0 Å². The van der Waals surface area contributed by atoms with Crippen LogP contribution in [0.5, 0.6) is 0 Å². The van der Waals surface area contributed by atoms with Gasteiger partial charge in [-0.15, -0.1) is 11.3 Å². The van der Waals surface area contributed by atoms with Crippen molar-refractivity contribution in [2.75, 3.05) is 50.8 Å². The molecule has 0 aliphatic carbocycles. The number of halogens is 2. The molecule has 3 aromatic rings. The monoisotopic (exact) mass is 566 g/mol. The summed E-state index contributed by atoms with van der Waals surface area (Å²) in [5.41, 5.74) is 1.60. The Bertz CT molecular complexity index is 1400. The van der Waals surface area contributed by atoms with Gasteiger partial charge in [0.2, 0.25) is 5.91 Å². The molecule has 210 valence electrons. The highest BCUT2D eigenvalue weighted by molar-refractivity contribution is 7.17. The molecule has 0 bridgehead atoms. The summed E-state index contributed by atoms with van der Waals surface area (Å²) in [6, 6.07) is 16.1. The molecule has 0 atom stereocenters. The van der Waals surface area contributed by atoms with Crippen LogP contribution in [0.4, 0.5) is 14.5 Å². The Morgan fingerprint density at radius 3 is 2.45 bits per heavy atom. The Labute approximate surface area is 236 Å². The smallest absolute Gasteiger partial charge is 0.275 e. The molecule has 1 aromatic heterocycles. The summed E-state index contributed by atoms with van der Waals surface area (Å²) in [5.74, 6) is -4.15. The number of carbonyl (C=O) groups is 2. The second-order valence-electron chi connectivity index (χ2n) is 10.0. The molecule has 2 aliphatic rings. The van der Waals surface area contributed by atoms with E-state index >= 15 is 8.78 Å². The van der Waals surface area contributed by atoms with E-state index in [2.05, 4.69) is 9.88 Å². The minimum atomic E-state index is -3.30. The summed E-state index contributed by atoms with van der Waals surface area (Å²) in [6.07, 6.45) is 1.11. The van der Waals surface area contributed by atoms with E-state index in [1.54, 1.807) is 36.1 Å². The van der Waals surface area contributed by atoms with Gasteiger partial charge < -0.3 is 14.9 Å². The van der Waals surface area contributed by atoms with Gasteiger partial charge in [0.25, 0.3) is 11.8 Å². The minimum Gasteiger partial charge on any atom is -0.396 e. The van der Waals surface area contributed by atoms with E-state index in [4.69, 9.17) is 5.11 Å². The Kier molecular flexibility index (Phi) is 8.39. The van der Waals surface area contributed by atoms with E-state index in [-0.39, 0.29) is 30.2 Å². The van der Waals surface area contributed by atoms with Crippen LogP contribution in [0, 0.1) is 6.92 Å². The third-order valence-electron chi connectivity index (χ3n) is 7.37. The summed E-state index contributed by atoms with van der Waals surface area (Å²) in [7, 11) is 0. The number of hydrogen-bond donors (Lipinski definition) is 1.